The van der Waals surface area contributed by atoms with Gasteiger partial charge in [0.05, 0.1) is 17.0 Å². The summed E-state index contributed by atoms with van der Waals surface area (Å²) in [6.07, 6.45) is 0. The van der Waals surface area contributed by atoms with E-state index in [9.17, 15) is 8.78 Å². The average Bonchev–Trinajstić information content (AvgIpc) is 2.79. The Morgan fingerprint density at radius 3 is 2.48 bits per heavy atom. The van der Waals surface area contributed by atoms with Gasteiger partial charge in [-0.3, -0.25) is 0 Å². The monoisotopic (exact) mass is 379 g/mol. The zero-order valence-corrected chi connectivity index (χ0v) is 13.8. The number of nitrogens with two attached hydrogens (primary N) is 1. The summed E-state index contributed by atoms with van der Waals surface area (Å²) in [6, 6.07) is 0. The lowest BCUT2D eigenvalue weighted by molar-refractivity contribution is -0.0558. The molecule has 6 nitrogen and oxygen atoms in total. The summed E-state index contributed by atoms with van der Waals surface area (Å²) in [7, 11) is 1.49. The highest BCUT2D eigenvalue weighted by Gasteiger charge is 2.23. The number of nitrogens with zero attached hydrogens (tertiary/aromatic N) is 4. The normalized spacial score (nSPS) is 11.2. The van der Waals surface area contributed by atoms with Crippen molar-refractivity contribution >= 4 is 33.1 Å². The van der Waals surface area contributed by atoms with Gasteiger partial charge in [0, 0.05) is 7.05 Å². The molecule has 114 valence electrons. The highest BCUT2D eigenvalue weighted by Crippen LogP contribution is 2.32. The predicted octanol–water partition coefficient (Wildman–Crippen LogP) is 2.22. The van der Waals surface area contributed by atoms with Gasteiger partial charge in [-0.05, 0) is 29.8 Å². The molecule has 0 aliphatic carbocycles. The molecule has 10 heteroatoms. The quantitative estimate of drug-likeness (QED) is 0.824. The largest absolute Gasteiger partial charge is 0.416 e. The van der Waals surface area contributed by atoms with Gasteiger partial charge in [-0.15, -0.1) is 5.10 Å². The van der Waals surface area contributed by atoms with E-state index < -0.39 is 6.61 Å². The SMILES string of the molecule is Cc1nn(-c2nn(C)c(OC(F)F)c2Br)c(C)c1C(N)=S. The molecular formula is C11H12BrF2N5OS. The summed E-state index contributed by atoms with van der Waals surface area (Å²) < 4.78 is 32.2. The number of thiocarbonyl (C=S) groups is 1. The lowest BCUT2D eigenvalue weighted by atomic mass is 10.2. The van der Waals surface area contributed by atoms with Crippen molar-refractivity contribution in [2.24, 2.45) is 12.8 Å². The van der Waals surface area contributed by atoms with Crippen LogP contribution in [0.4, 0.5) is 8.78 Å². The van der Waals surface area contributed by atoms with Crippen LogP contribution in [0, 0.1) is 13.8 Å². The predicted molar refractivity (Wildman–Crippen MR) is 80.0 cm³/mol. The minimum Gasteiger partial charge on any atom is -0.416 e. The molecule has 21 heavy (non-hydrogen) atoms. The standard InChI is InChI=1S/C11H12BrF2N5OS/c1-4-6(8(15)21)5(2)19(16-4)9-7(12)10(18(3)17-9)20-11(13)14/h11H,1-3H3,(H2,15,21). The molecule has 2 aromatic heterocycles. The van der Waals surface area contributed by atoms with Gasteiger partial charge in [0.15, 0.2) is 5.82 Å². The van der Waals surface area contributed by atoms with Crippen LogP contribution in [-0.4, -0.2) is 31.2 Å². The Balaban J connectivity index is 2.59. The smallest absolute Gasteiger partial charge is 0.388 e. The van der Waals surface area contributed by atoms with E-state index in [1.54, 1.807) is 13.8 Å². The number of aromatic nitrogens is 4. The molecular weight excluding hydrogens is 368 g/mol. The molecule has 0 atom stereocenters. The van der Waals surface area contributed by atoms with Gasteiger partial charge in [-0.1, -0.05) is 12.2 Å². The third-order valence-electron chi connectivity index (χ3n) is 2.86. The Labute approximate surface area is 133 Å². The van der Waals surface area contributed by atoms with Gasteiger partial charge in [0.2, 0.25) is 5.88 Å². The lowest BCUT2D eigenvalue weighted by Gasteiger charge is -2.04. The van der Waals surface area contributed by atoms with Crippen LogP contribution in [0.2, 0.25) is 0 Å². The number of aryl methyl sites for hydroxylation is 2. The van der Waals surface area contributed by atoms with Crippen LogP contribution in [0.1, 0.15) is 17.0 Å². The van der Waals surface area contributed by atoms with Crippen LogP contribution in [0.25, 0.3) is 5.82 Å². The zero-order chi connectivity index (χ0) is 15.9. The van der Waals surface area contributed by atoms with Gasteiger partial charge >= 0.3 is 6.61 Å². The molecule has 0 fully saturated rings. The first-order valence-electron chi connectivity index (χ1n) is 5.77. The van der Waals surface area contributed by atoms with E-state index in [-0.39, 0.29) is 15.3 Å². The molecule has 2 heterocycles. The van der Waals surface area contributed by atoms with Crippen molar-refractivity contribution in [3.63, 3.8) is 0 Å². The molecule has 2 rings (SSSR count). The molecule has 0 amide bonds. The van der Waals surface area contributed by atoms with Crippen molar-refractivity contribution < 1.29 is 13.5 Å². The maximum atomic E-state index is 12.4. The van der Waals surface area contributed by atoms with Crippen molar-refractivity contribution in [1.82, 2.24) is 19.6 Å². The fourth-order valence-electron chi connectivity index (χ4n) is 2.02. The van der Waals surface area contributed by atoms with Crippen LogP contribution in [-0.2, 0) is 7.05 Å². The number of rotatable bonds is 4. The van der Waals surface area contributed by atoms with Gasteiger partial charge in [0.25, 0.3) is 0 Å². The van der Waals surface area contributed by atoms with Crippen LogP contribution >= 0.6 is 28.1 Å². The molecule has 0 aromatic carbocycles. The molecule has 0 saturated heterocycles. The van der Waals surface area contributed by atoms with Gasteiger partial charge in [0.1, 0.15) is 9.46 Å². The first-order chi connectivity index (χ1) is 9.73. The summed E-state index contributed by atoms with van der Waals surface area (Å²) in [4.78, 5) is 0.215. The van der Waals surface area contributed by atoms with Gasteiger partial charge < -0.3 is 10.5 Å². The zero-order valence-electron chi connectivity index (χ0n) is 11.4. The van der Waals surface area contributed by atoms with Crippen molar-refractivity contribution in [3.05, 3.63) is 21.4 Å². The van der Waals surface area contributed by atoms with E-state index in [1.165, 1.54) is 16.4 Å². The second-order valence-electron chi connectivity index (χ2n) is 4.27. The van der Waals surface area contributed by atoms with E-state index in [0.717, 1.165) is 0 Å². The summed E-state index contributed by atoms with van der Waals surface area (Å²) in [6.45, 7) is 0.575. The van der Waals surface area contributed by atoms with E-state index in [0.29, 0.717) is 22.8 Å². The number of halogens is 3. The molecule has 0 unspecified atom stereocenters. The summed E-state index contributed by atoms with van der Waals surface area (Å²) in [5.41, 5.74) is 7.60. The highest BCUT2D eigenvalue weighted by molar-refractivity contribution is 9.10. The highest BCUT2D eigenvalue weighted by atomic mass is 79.9. The average molecular weight is 380 g/mol. The minimum atomic E-state index is -2.95. The third-order valence-corrected chi connectivity index (χ3v) is 3.76. The van der Waals surface area contributed by atoms with Crippen LogP contribution in [0.5, 0.6) is 5.88 Å². The van der Waals surface area contributed by atoms with E-state index in [1.807, 2.05) is 0 Å². The van der Waals surface area contributed by atoms with Crippen LogP contribution in [0.3, 0.4) is 0 Å². The lowest BCUT2D eigenvalue weighted by Crippen LogP contribution is -2.12. The maximum absolute atomic E-state index is 12.4. The van der Waals surface area contributed by atoms with E-state index in [2.05, 4.69) is 30.9 Å². The van der Waals surface area contributed by atoms with Crippen LogP contribution in [0.15, 0.2) is 4.47 Å². The molecule has 0 aliphatic rings. The number of hydrogen-bond acceptors (Lipinski definition) is 4. The first kappa shape index (κ1) is 15.8. The fourth-order valence-corrected chi connectivity index (χ4v) is 2.92. The van der Waals surface area contributed by atoms with Crippen LogP contribution < -0.4 is 10.5 Å². The Bertz CT molecular complexity index is 712. The molecule has 2 aromatic rings. The Kier molecular flexibility index (Phi) is 4.28. The molecule has 0 bridgehead atoms. The van der Waals surface area contributed by atoms with Crippen molar-refractivity contribution in [2.75, 3.05) is 0 Å². The summed E-state index contributed by atoms with van der Waals surface area (Å²) in [5.74, 6) is 0.223. The Morgan fingerprint density at radius 1 is 1.38 bits per heavy atom. The molecule has 0 radical (unpaired) electrons. The Hall–Kier alpha value is -1.55. The third kappa shape index (κ3) is 2.77. The molecule has 2 N–H and O–H groups in total. The summed E-state index contributed by atoms with van der Waals surface area (Å²) >= 11 is 8.19. The molecule has 0 spiro atoms. The summed E-state index contributed by atoms with van der Waals surface area (Å²) in [5, 5.41) is 8.43. The number of ether oxygens (including phenoxy) is 1. The maximum Gasteiger partial charge on any atom is 0.388 e. The fraction of sp³-hybridized carbons (Fsp3) is 0.364. The minimum absolute atomic E-state index is 0.0931. The molecule has 0 aliphatic heterocycles. The van der Waals surface area contributed by atoms with Crippen molar-refractivity contribution in [3.8, 4) is 11.7 Å². The first-order valence-corrected chi connectivity index (χ1v) is 6.97. The van der Waals surface area contributed by atoms with Crippen molar-refractivity contribution in [1.29, 1.82) is 0 Å². The number of hydrogen-bond donors (Lipinski definition) is 1. The molecule has 0 saturated carbocycles. The topological polar surface area (TPSA) is 70.9 Å². The van der Waals surface area contributed by atoms with Gasteiger partial charge in [-0.2, -0.15) is 13.9 Å². The second kappa shape index (κ2) is 5.68. The number of alkyl halides is 2. The Morgan fingerprint density at radius 2 is 2.00 bits per heavy atom. The van der Waals surface area contributed by atoms with E-state index >= 15 is 0 Å². The van der Waals surface area contributed by atoms with E-state index in [4.69, 9.17) is 18.0 Å². The van der Waals surface area contributed by atoms with Crippen molar-refractivity contribution in [2.45, 2.75) is 20.5 Å². The van der Waals surface area contributed by atoms with Gasteiger partial charge in [-0.25, -0.2) is 9.36 Å². The second-order valence-corrected chi connectivity index (χ2v) is 5.50.